The number of fused-ring (bicyclic) bond motifs is 1. The predicted octanol–water partition coefficient (Wildman–Crippen LogP) is 5.22. The molecule has 1 aliphatic heterocycles. The molecule has 0 saturated carbocycles. The van der Waals surface area contributed by atoms with Crippen LogP contribution in [0, 0.1) is 5.41 Å². The van der Waals surface area contributed by atoms with Crippen LogP contribution in [0.5, 0.6) is 5.75 Å². The fourth-order valence-electron chi connectivity index (χ4n) is 4.57. The van der Waals surface area contributed by atoms with Crippen molar-refractivity contribution in [3.8, 4) is 17.0 Å². The average Bonchev–Trinajstić information content (AvgIpc) is 3.16. The highest BCUT2D eigenvalue weighted by molar-refractivity contribution is 6.00. The Morgan fingerprint density at radius 3 is 2.50 bits per heavy atom. The summed E-state index contributed by atoms with van der Waals surface area (Å²) in [5.41, 5.74) is 4.76. The van der Waals surface area contributed by atoms with Crippen LogP contribution in [-0.4, -0.2) is 22.7 Å². The van der Waals surface area contributed by atoms with Gasteiger partial charge in [-0.15, -0.1) is 0 Å². The first-order valence-corrected chi connectivity index (χ1v) is 10.3. The van der Waals surface area contributed by atoms with E-state index in [1.54, 1.807) is 7.11 Å². The molecule has 1 aromatic heterocycles. The molecular weight excluding hydrogens is 374 g/mol. The smallest absolute Gasteiger partial charge is 0.163 e. The quantitative estimate of drug-likeness (QED) is 0.656. The van der Waals surface area contributed by atoms with E-state index in [-0.39, 0.29) is 17.2 Å². The minimum atomic E-state index is -0.247. The molecule has 30 heavy (non-hydrogen) atoms. The van der Waals surface area contributed by atoms with Gasteiger partial charge >= 0.3 is 0 Å². The molecule has 1 atom stereocenters. The van der Waals surface area contributed by atoms with Crippen molar-refractivity contribution in [3.05, 3.63) is 77.5 Å². The van der Waals surface area contributed by atoms with Gasteiger partial charge in [0.15, 0.2) is 5.78 Å². The third-order valence-corrected chi connectivity index (χ3v) is 5.95. The summed E-state index contributed by atoms with van der Waals surface area (Å²) >= 11 is 0. The Bertz CT molecular complexity index is 1140. The molecule has 5 nitrogen and oxygen atoms in total. The number of aromatic nitrogens is 2. The van der Waals surface area contributed by atoms with Gasteiger partial charge in [0.1, 0.15) is 17.6 Å². The van der Waals surface area contributed by atoms with Crippen molar-refractivity contribution in [1.29, 1.82) is 0 Å². The summed E-state index contributed by atoms with van der Waals surface area (Å²) in [6.07, 6.45) is 1.38. The number of allylic oxidation sites excluding steroid dienone is 2. The van der Waals surface area contributed by atoms with Crippen LogP contribution < -0.4 is 10.1 Å². The van der Waals surface area contributed by atoms with Crippen molar-refractivity contribution in [2.45, 2.75) is 32.7 Å². The summed E-state index contributed by atoms with van der Waals surface area (Å²) < 4.78 is 7.29. The number of carbonyl (C=O) groups is 1. The van der Waals surface area contributed by atoms with Gasteiger partial charge in [0.05, 0.1) is 12.8 Å². The molecule has 0 amide bonds. The number of methoxy groups -OCH3 is 1. The first kappa shape index (κ1) is 18.7. The number of ketones is 1. The van der Waals surface area contributed by atoms with Gasteiger partial charge in [-0.05, 0) is 29.5 Å². The Balaban J connectivity index is 1.67. The zero-order valence-electron chi connectivity index (χ0n) is 17.5. The SMILES string of the molecule is COc1ccc([C@@H]2C3=C(CC(C)(C)CC3=O)Nc3cc(-c4ccccc4)nn32)cc1. The van der Waals surface area contributed by atoms with Gasteiger partial charge in [-0.3, -0.25) is 4.79 Å². The van der Waals surface area contributed by atoms with E-state index in [0.717, 1.165) is 46.1 Å². The highest BCUT2D eigenvalue weighted by Crippen LogP contribution is 2.46. The monoisotopic (exact) mass is 399 g/mol. The Morgan fingerprint density at radius 1 is 1.07 bits per heavy atom. The van der Waals surface area contributed by atoms with Crippen molar-refractivity contribution in [2.75, 3.05) is 12.4 Å². The Morgan fingerprint density at radius 2 is 1.80 bits per heavy atom. The Labute approximate surface area is 176 Å². The number of hydrogen-bond donors (Lipinski definition) is 1. The molecule has 0 fully saturated rings. The number of hydrogen-bond acceptors (Lipinski definition) is 4. The zero-order chi connectivity index (χ0) is 20.9. The van der Waals surface area contributed by atoms with Gasteiger partial charge in [-0.25, -0.2) is 4.68 Å². The maximum absolute atomic E-state index is 13.3. The molecule has 0 bridgehead atoms. The molecule has 0 unspecified atom stereocenters. The number of rotatable bonds is 3. The lowest BCUT2D eigenvalue weighted by Gasteiger charge is -2.38. The van der Waals surface area contributed by atoms with Crippen LogP contribution in [0.15, 0.2) is 71.9 Å². The number of anilines is 1. The van der Waals surface area contributed by atoms with Crippen LogP contribution in [0.25, 0.3) is 11.3 Å². The summed E-state index contributed by atoms with van der Waals surface area (Å²) in [5, 5.41) is 8.45. The van der Waals surface area contributed by atoms with E-state index in [1.807, 2.05) is 47.1 Å². The molecular formula is C25H25N3O2. The largest absolute Gasteiger partial charge is 0.497 e. The fraction of sp³-hybridized carbons (Fsp3) is 0.280. The van der Waals surface area contributed by atoms with Gasteiger partial charge in [0, 0.05) is 29.3 Å². The number of nitrogens with one attached hydrogen (secondary N) is 1. The van der Waals surface area contributed by atoms with Crippen LogP contribution in [-0.2, 0) is 4.79 Å². The lowest BCUT2D eigenvalue weighted by atomic mass is 9.73. The lowest BCUT2D eigenvalue weighted by molar-refractivity contribution is -0.118. The summed E-state index contributed by atoms with van der Waals surface area (Å²) in [7, 11) is 1.66. The molecule has 0 saturated heterocycles. The predicted molar refractivity (Wildman–Crippen MR) is 117 cm³/mol. The summed E-state index contributed by atoms with van der Waals surface area (Å²) in [6.45, 7) is 4.31. The van der Waals surface area contributed by atoms with E-state index in [2.05, 4.69) is 37.4 Å². The third kappa shape index (κ3) is 3.11. The molecule has 5 heteroatoms. The lowest BCUT2D eigenvalue weighted by Crippen LogP contribution is -2.36. The van der Waals surface area contributed by atoms with E-state index in [1.165, 1.54) is 0 Å². The van der Waals surface area contributed by atoms with Gasteiger partial charge < -0.3 is 10.1 Å². The number of ether oxygens (including phenoxy) is 1. The van der Waals surface area contributed by atoms with E-state index >= 15 is 0 Å². The highest BCUT2D eigenvalue weighted by Gasteiger charge is 2.41. The number of carbonyl (C=O) groups excluding carboxylic acids is 1. The van der Waals surface area contributed by atoms with Crippen molar-refractivity contribution >= 4 is 11.6 Å². The van der Waals surface area contributed by atoms with E-state index in [4.69, 9.17) is 9.84 Å². The molecule has 1 N–H and O–H groups in total. The average molecular weight is 399 g/mol. The van der Waals surface area contributed by atoms with Crippen molar-refractivity contribution in [2.24, 2.45) is 5.41 Å². The molecule has 2 aromatic carbocycles. The summed E-state index contributed by atoms with van der Waals surface area (Å²) in [4.78, 5) is 13.3. The van der Waals surface area contributed by atoms with Crippen molar-refractivity contribution in [1.82, 2.24) is 9.78 Å². The third-order valence-electron chi connectivity index (χ3n) is 5.95. The molecule has 3 aromatic rings. The van der Waals surface area contributed by atoms with Gasteiger partial charge in [0.25, 0.3) is 0 Å². The topological polar surface area (TPSA) is 56.1 Å². The van der Waals surface area contributed by atoms with Crippen LogP contribution >= 0.6 is 0 Å². The van der Waals surface area contributed by atoms with E-state index in [0.29, 0.717) is 6.42 Å². The Kier molecular flexibility index (Phi) is 4.28. The van der Waals surface area contributed by atoms with Crippen LogP contribution in [0.4, 0.5) is 5.82 Å². The second kappa shape index (κ2) is 6.87. The van der Waals surface area contributed by atoms with Crippen LogP contribution in [0.3, 0.4) is 0 Å². The zero-order valence-corrected chi connectivity index (χ0v) is 17.5. The number of nitrogens with zero attached hydrogens (tertiary/aromatic N) is 2. The molecule has 1 aliphatic carbocycles. The standard InChI is InChI=1S/C25H25N3O2/c1-25(2)14-20-23(21(29)15-25)24(17-9-11-18(30-3)12-10-17)28-22(26-20)13-19(27-28)16-7-5-4-6-8-16/h4-13,24,26H,14-15H2,1-3H3/t24-/m1/s1. The first-order chi connectivity index (χ1) is 14.4. The fourth-order valence-corrected chi connectivity index (χ4v) is 4.57. The maximum atomic E-state index is 13.3. The first-order valence-electron chi connectivity index (χ1n) is 10.3. The second-order valence-corrected chi connectivity index (χ2v) is 8.86. The van der Waals surface area contributed by atoms with Gasteiger partial charge in [-0.2, -0.15) is 5.10 Å². The molecule has 0 spiro atoms. The van der Waals surface area contributed by atoms with Gasteiger partial charge in [-0.1, -0.05) is 56.3 Å². The Hall–Kier alpha value is -3.34. The maximum Gasteiger partial charge on any atom is 0.163 e. The highest BCUT2D eigenvalue weighted by atomic mass is 16.5. The normalized spacial score (nSPS) is 19.7. The minimum Gasteiger partial charge on any atom is -0.497 e. The van der Waals surface area contributed by atoms with Crippen LogP contribution in [0.2, 0.25) is 0 Å². The van der Waals surface area contributed by atoms with E-state index < -0.39 is 0 Å². The van der Waals surface area contributed by atoms with Crippen molar-refractivity contribution < 1.29 is 9.53 Å². The second-order valence-electron chi connectivity index (χ2n) is 8.86. The summed E-state index contributed by atoms with van der Waals surface area (Å²) in [6, 6.07) is 19.9. The molecule has 2 aliphatic rings. The van der Waals surface area contributed by atoms with Crippen molar-refractivity contribution in [3.63, 3.8) is 0 Å². The van der Waals surface area contributed by atoms with E-state index in [9.17, 15) is 4.79 Å². The number of benzene rings is 2. The van der Waals surface area contributed by atoms with Crippen LogP contribution in [0.1, 0.15) is 38.3 Å². The molecule has 0 radical (unpaired) electrons. The van der Waals surface area contributed by atoms with Gasteiger partial charge in [0.2, 0.25) is 0 Å². The minimum absolute atomic E-state index is 0.0577. The molecule has 152 valence electrons. The number of Topliss-reactive ketones (excluding diaryl/α,β-unsaturated/α-hetero) is 1. The summed E-state index contributed by atoms with van der Waals surface area (Å²) in [5.74, 6) is 1.90. The molecule has 2 heterocycles. The molecule has 5 rings (SSSR count).